The summed E-state index contributed by atoms with van der Waals surface area (Å²) in [5.74, 6) is 1.46. The van der Waals surface area contributed by atoms with Crippen molar-refractivity contribution in [1.29, 1.82) is 0 Å². The lowest BCUT2D eigenvalue weighted by molar-refractivity contribution is -0.384. The molecule has 0 radical (unpaired) electrons. The molecule has 0 fully saturated rings. The quantitative estimate of drug-likeness (QED) is 0.209. The average Bonchev–Trinajstić information content (AvgIpc) is 2.82. The minimum absolute atomic E-state index is 0.0572. The van der Waals surface area contributed by atoms with Gasteiger partial charge in [-0.15, -0.1) is 0 Å². The van der Waals surface area contributed by atoms with Crippen LogP contribution in [0.3, 0.4) is 0 Å². The number of non-ortho nitro benzene ring substituents is 1. The van der Waals surface area contributed by atoms with E-state index in [0.717, 1.165) is 33.3 Å². The van der Waals surface area contributed by atoms with Crippen LogP contribution in [0.2, 0.25) is 0 Å². The Hall–Kier alpha value is -4.19. The number of methoxy groups -OCH3 is 1. The molecule has 0 aliphatic rings. The van der Waals surface area contributed by atoms with Crippen LogP contribution in [0.4, 0.5) is 11.4 Å². The Morgan fingerprint density at radius 1 is 0.935 bits per heavy atom. The normalized spacial score (nSPS) is 11.0. The molecule has 6 heteroatoms. The molecule has 0 atom stereocenters. The van der Waals surface area contributed by atoms with Gasteiger partial charge >= 0.3 is 0 Å². The van der Waals surface area contributed by atoms with Gasteiger partial charge in [0.2, 0.25) is 0 Å². The van der Waals surface area contributed by atoms with Crippen LogP contribution in [0.25, 0.3) is 10.8 Å². The summed E-state index contributed by atoms with van der Waals surface area (Å²) in [6.45, 7) is 0.291. The number of nitro groups is 1. The lowest BCUT2D eigenvalue weighted by Gasteiger charge is -2.12. The van der Waals surface area contributed by atoms with E-state index < -0.39 is 4.92 Å². The van der Waals surface area contributed by atoms with Crippen molar-refractivity contribution in [1.82, 2.24) is 0 Å². The third-order valence-electron chi connectivity index (χ3n) is 4.89. The summed E-state index contributed by atoms with van der Waals surface area (Å²) >= 11 is 0. The van der Waals surface area contributed by atoms with E-state index in [9.17, 15) is 10.1 Å². The molecule has 0 heterocycles. The van der Waals surface area contributed by atoms with Gasteiger partial charge in [-0.2, -0.15) is 0 Å². The number of fused-ring (bicyclic) bond motifs is 1. The van der Waals surface area contributed by atoms with Crippen molar-refractivity contribution in [2.24, 2.45) is 4.99 Å². The molecule has 0 spiro atoms. The van der Waals surface area contributed by atoms with Crippen molar-refractivity contribution in [3.05, 3.63) is 106 Å². The number of hydrogen-bond donors (Lipinski definition) is 0. The molecular weight excluding hydrogens is 392 g/mol. The summed E-state index contributed by atoms with van der Waals surface area (Å²) < 4.78 is 11.3. The molecule has 0 unspecified atom stereocenters. The first-order chi connectivity index (χ1) is 15.1. The van der Waals surface area contributed by atoms with Gasteiger partial charge in [0.15, 0.2) is 0 Å². The molecule has 154 valence electrons. The van der Waals surface area contributed by atoms with Gasteiger partial charge in [0.05, 0.1) is 17.7 Å². The van der Waals surface area contributed by atoms with Crippen molar-refractivity contribution < 1.29 is 14.4 Å². The van der Waals surface area contributed by atoms with Crippen molar-refractivity contribution in [2.45, 2.75) is 6.61 Å². The lowest BCUT2D eigenvalue weighted by atomic mass is 10.0. The first kappa shape index (κ1) is 20.1. The Kier molecular flexibility index (Phi) is 5.89. The van der Waals surface area contributed by atoms with Crippen molar-refractivity contribution >= 4 is 28.4 Å². The van der Waals surface area contributed by atoms with E-state index in [1.807, 2.05) is 60.7 Å². The minimum atomic E-state index is -0.415. The molecular formula is C25H20N2O4. The fourth-order valence-corrected chi connectivity index (χ4v) is 3.22. The molecule has 0 aliphatic carbocycles. The largest absolute Gasteiger partial charge is 0.497 e. The monoisotopic (exact) mass is 412 g/mol. The Morgan fingerprint density at radius 2 is 1.68 bits per heavy atom. The molecule has 0 saturated heterocycles. The standard InChI is InChI=1S/C25H20N2O4/c1-30-22-13-9-20(10-14-22)26-16-24-23-5-3-2-4-19(23)8-15-25(24)31-17-18-6-11-21(12-7-18)27(28)29/h2-16H,17H2,1H3. The summed E-state index contributed by atoms with van der Waals surface area (Å²) in [4.78, 5) is 15.0. The van der Waals surface area contributed by atoms with Gasteiger partial charge in [0.25, 0.3) is 5.69 Å². The molecule has 0 aliphatic heterocycles. The SMILES string of the molecule is COc1ccc(N=Cc2c(OCc3ccc([N+](=O)[O-])cc3)ccc3ccccc23)cc1. The van der Waals surface area contributed by atoms with E-state index in [0.29, 0.717) is 12.4 Å². The summed E-state index contributed by atoms with van der Waals surface area (Å²) in [5.41, 5.74) is 2.57. The van der Waals surface area contributed by atoms with Crippen LogP contribution in [-0.2, 0) is 6.61 Å². The maximum Gasteiger partial charge on any atom is 0.269 e. The first-order valence-corrected chi connectivity index (χ1v) is 9.70. The van der Waals surface area contributed by atoms with E-state index in [-0.39, 0.29) is 5.69 Å². The number of hydrogen-bond acceptors (Lipinski definition) is 5. The number of nitrogens with zero attached hydrogens (tertiary/aromatic N) is 2. The van der Waals surface area contributed by atoms with Crippen molar-refractivity contribution in [3.63, 3.8) is 0 Å². The lowest BCUT2D eigenvalue weighted by Crippen LogP contribution is -1.99. The van der Waals surface area contributed by atoms with Gasteiger partial charge in [-0.05, 0) is 58.8 Å². The van der Waals surface area contributed by atoms with E-state index in [1.54, 1.807) is 25.5 Å². The number of aliphatic imine (C=N–C) groups is 1. The predicted octanol–water partition coefficient (Wildman–Crippen LogP) is 6.09. The van der Waals surface area contributed by atoms with Gasteiger partial charge in [-0.25, -0.2) is 0 Å². The summed E-state index contributed by atoms with van der Waals surface area (Å²) in [7, 11) is 1.63. The average molecular weight is 412 g/mol. The molecule has 6 nitrogen and oxygen atoms in total. The number of rotatable bonds is 7. The highest BCUT2D eigenvalue weighted by Crippen LogP contribution is 2.28. The maximum absolute atomic E-state index is 10.8. The zero-order chi connectivity index (χ0) is 21.6. The smallest absolute Gasteiger partial charge is 0.269 e. The Morgan fingerprint density at radius 3 is 2.39 bits per heavy atom. The van der Waals surface area contributed by atoms with Gasteiger partial charge in [-0.1, -0.05) is 30.3 Å². The van der Waals surface area contributed by atoms with E-state index in [4.69, 9.17) is 9.47 Å². The zero-order valence-corrected chi connectivity index (χ0v) is 16.9. The van der Waals surface area contributed by atoms with Crippen molar-refractivity contribution in [3.8, 4) is 11.5 Å². The number of ether oxygens (including phenoxy) is 2. The second kappa shape index (κ2) is 9.09. The highest BCUT2D eigenvalue weighted by Gasteiger charge is 2.09. The van der Waals surface area contributed by atoms with Crippen LogP contribution in [-0.4, -0.2) is 18.2 Å². The molecule has 0 amide bonds. The van der Waals surface area contributed by atoms with Crippen LogP contribution >= 0.6 is 0 Å². The second-order valence-electron chi connectivity index (χ2n) is 6.87. The number of nitro benzene ring substituents is 1. The van der Waals surface area contributed by atoms with Crippen LogP contribution in [0.15, 0.2) is 89.9 Å². The molecule has 0 aromatic heterocycles. The first-order valence-electron chi connectivity index (χ1n) is 9.70. The maximum atomic E-state index is 10.8. The number of benzene rings is 4. The molecule has 31 heavy (non-hydrogen) atoms. The molecule has 0 saturated carbocycles. The zero-order valence-electron chi connectivity index (χ0n) is 16.9. The van der Waals surface area contributed by atoms with Gasteiger partial charge in [0, 0.05) is 23.9 Å². The molecule has 4 aromatic carbocycles. The fraction of sp³-hybridized carbons (Fsp3) is 0.0800. The molecule has 0 bridgehead atoms. The summed E-state index contributed by atoms with van der Waals surface area (Å²) in [5, 5.41) is 13.0. The Bertz CT molecular complexity index is 1230. The van der Waals surface area contributed by atoms with Crippen LogP contribution in [0, 0.1) is 10.1 Å². The van der Waals surface area contributed by atoms with Gasteiger partial charge in [0.1, 0.15) is 18.1 Å². The van der Waals surface area contributed by atoms with Crippen LogP contribution in [0.5, 0.6) is 11.5 Å². The molecule has 4 rings (SSSR count). The highest BCUT2D eigenvalue weighted by molar-refractivity contribution is 6.03. The minimum Gasteiger partial charge on any atom is -0.497 e. The second-order valence-corrected chi connectivity index (χ2v) is 6.87. The van der Waals surface area contributed by atoms with Crippen LogP contribution < -0.4 is 9.47 Å². The molecule has 4 aromatic rings. The van der Waals surface area contributed by atoms with E-state index >= 15 is 0 Å². The van der Waals surface area contributed by atoms with Crippen LogP contribution in [0.1, 0.15) is 11.1 Å². The van der Waals surface area contributed by atoms with Crippen molar-refractivity contribution in [2.75, 3.05) is 7.11 Å². The van der Waals surface area contributed by atoms with Gasteiger partial charge < -0.3 is 9.47 Å². The summed E-state index contributed by atoms with van der Waals surface area (Å²) in [6.07, 6.45) is 1.80. The Labute approximate surface area is 179 Å². The Balaban J connectivity index is 1.63. The van der Waals surface area contributed by atoms with E-state index in [2.05, 4.69) is 4.99 Å². The van der Waals surface area contributed by atoms with Gasteiger partial charge in [-0.3, -0.25) is 15.1 Å². The third kappa shape index (κ3) is 4.70. The van der Waals surface area contributed by atoms with E-state index in [1.165, 1.54) is 12.1 Å². The summed E-state index contributed by atoms with van der Waals surface area (Å²) in [6, 6.07) is 25.8. The third-order valence-corrected chi connectivity index (χ3v) is 4.89. The topological polar surface area (TPSA) is 74.0 Å². The predicted molar refractivity (Wildman–Crippen MR) is 122 cm³/mol. The highest BCUT2D eigenvalue weighted by atomic mass is 16.6. The fourth-order valence-electron chi connectivity index (χ4n) is 3.22. The molecule has 0 N–H and O–H groups in total.